The Balaban J connectivity index is 1.57. The molecule has 0 aliphatic heterocycles. The van der Waals surface area contributed by atoms with Crippen molar-refractivity contribution in [2.45, 2.75) is 44.4 Å². The Hall–Kier alpha value is -2.30. The molecule has 0 bridgehead atoms. The molecular formula is C17H20N4O. The summed E-state index contributed by atoms with van der Waals surface area (Å²) in [6.07, 6.45) is 8.18. The summed E-state index contributed by atoms with van der Waals surface area (Å²) in [5.41, 5.74) is 1.79. The van der Waals surface area contributed by atoms with Crippen molar-refractivity contribution in [1.29, 1.82) is 0 Å². The van der Waals surface area contributed by atoms with Crippen molar-refractivity contribution in [2.24, 2.45) is 0 Å². The van der Waals surface area contributed by atoms with Crippen LogP contribution >= 0.6 is 0 Å². The van der Waals surface area contributed by atoms with Gasteiger partial charge in [-0.15, -0.1) is 5.10 Å². The maximum absolute atomic E-state index is 11.9. The van der Waals surface area contributed by atoms with E-state index in [9.17, 15) is 4.79 Å². The lowest BCUT2D eigenvalue weighted by atomic mass is 9.87. The van der Waals surface area contributed by atoms with E-state index in [0.29, 0.717) is 11.7 Å². The van der Waals surface area contributed by atoms with E-state index in [-0.39, 0.29) is 12.3 Å². The number of amides is 1. The van der Waals surface area contributed by atoms with Crippen LogP contribution in [0, 0.1) is 0 Å². The summed E-state index contributed by atoms with van der Waals surface area (Å²) < 4.78 is 0. The van der Waals surface area contributed by atoms with E-state index in [0.717, 1.165) is 11.4 Å². The number of pyridine rings is 1. The van der Waals surface area contributed by atoms with Crippen LogP contribution in [0.25, 0.3) is 0 Å². The lowest BCUT2D eigenvalue weighted by Gasteiger charge is -2.20. The molecule has 2 aromatic heterocycles. The largest absolute Gasteiger partial charge is 0.309 e. The standard InChI is InChI=1S/C17H20N4O/c22-17(12-14-8-4-5-11-18-14)19-16-10-9-15(20-21-16)13-6-2-1-3-7-13/h4-5,8-11,13H,1-3,6-7,12H2,(H,19,21,22). The Bertz CT molecular complexity index is 606. The van der Waals surface area contributed by atoms with Crippen molar-refractivity contribution in [2.75, 3.05) is 5.32 Å². The van der Waals surface area contributed by atoms with Gasteiger partial charge in [0.1, 0.15) is 0 Å². The summed E-state index contributed by atoms with van der Waals surface area (Å²) in [6, 6.07) is 9.36. The molecule has 1 saturated carbocycles. The quantitative estimate of drug-likeness (QED) is 0.941. The van der Waals surface area contributed by atoms with E-state index in [1.807, 2.05) is 30.3 Å². The highest BCUT2D eigenvalue weighted by Crippen LogP contribution is 2.31. The van der Waals surface area contributed by atoms with Crippen LogP contribution in [0.4, 0.5) is 5.82 Å². The molecule has 2 heterocycles. The lowest BCUT2D eigenvalue weighted by Crippen LogP contribution is -2.17. The SMILES string of the molecule is O=C(Cc1ccccn1)Nc1ccc(C2CCCCC2)nn1. The summed E-state index contributed by atoms with van der Waals surface area (Å²) >= 11 is 0. The number of nitrogens with zero attached hydrogens (tertiary/aromatic N) is 3. The van der Waals surface area contributed by atoms with Crippen molar-refractivity contribution in [3.63, 3.8) is 0 Å². The van der Waals surface area contributed by atoms with Gasteiger partial charge in [-0.3, -0.25) is 9.78 Å². The van der Waals surface area contributed by atoms with Gasteiger partial charge in [-0.2, -0.15) is 5.10 Å². The zero-order valence-corrected chi connectivity index (χ0v) is 12.5. The number of aromatic nitrogens is 3. The van der Waals surface area contributed by atoms with E-state index in [2.05, 4.69) is 20.5 Å². The molecule has 22 heavy (non-hydrogen) atoms. The van der Waals surface area contributed by atoms with Crippen LogP contribution in [0.1, 0.15) is 49.4 Å². The molecular weight excluding hydrogens is 276 g/mol. The number of carbonyl (C=O) groups excluding carboxylic acids is 1. The molecule has 3 rings (SSSR count). The van der Waals surface area contributed by atoms with Crippen molar-refractivity contribution in [3.05, 3.63) is 47.9 Å². The van der Waals surface area contributed by atoms with Gasteiger partial charge in [0.25, 0.3) is 0 Å². The molecule has 1 N–H and O–H groups in total. The van der Waals surface area contributed by atoms with Gasteiger partial charge in [0.2, 0.25) is 5.91 Å². The third kappa shape index (κ3) is 3.87. The summed E-state index contributed by atoms with van der Waals surface area (Å²) in [7, 11) is 0. The maximum atomic E-state index is 11.9. The van der Waals surface area contributed by atoms with Crippen LogP contribution in [0.2, 0.25) is 0 Å². The molecule has 0 spiro atoms. The maximum Gasteiger partial charge on any atom is 0.231 e. The molecule has 5 nitrogen and oxygen atoms in total. The minimum atomic E-state index is -0.126. The monoisotopic (exact) mass is 296 g/mol. The Morgan fingerprint density at radius 3 is 2.64 bits per heavy atom. The highest BCUT2D eigenvalue weighted by atomic mass is 16.1. The fraction of sp³-hybridized carbons (Fsp3) is 0.412. The van der Waals surface area contributed by atoms with Crippen LogP contribution in [0.15, 0.2) is 36.5 Å². The topological polar surface area (TPSA) is 67.8 Å². The molecule has 2 aromatic rings. The van der Waals surface area contributed by atoms with Gasteiger partial charge >= 0.3 is 0 Å². The molecule has 0 unspecified atom stereocenters. The van der Waals surface area contributed by atoms with Crippen molar-refractivity contribution in [1.82, 2.24) is 15.2 Å². The average Bonchev–Trinajstić information content (AvgIpc) is 2.57. The zero-order chi connectivity index (χ0) is 15.2. The predicted molar refractivity (Wildman–Crippen MR) is 84.4 cm³/mol. The highest BCUT2D eigenvalue weighted by Gasteiger charge is 2.17. The first-order valence-electron chi connectivity index (χ1n) is 7.84. The summed E-state index contributed by atoms with van der Waals surface area (Å²) in [5.74, 6) is 0.901. The second-order valence-electron chi connectivity index (χ2n) is 5.72. The highest BCUT2D eigenvalue weighted by molar-refractivity contribution is 5.90. The molecule has 1 amide bonds. The average molecular weight is 296 g/mol. The summed E-state index contributed by atoms with van der Waals surface area (Å²) in [6.45, 7) is 0. The summed E-state index contributed by atoms with van der Waals surface area (Å²) in [4.78, 5) is 16.1. The second-order valence-corrected chi connectivity index (χ2v) is 5.72. The van der Waals surface area contributed by atoms with Gasteiger partial charge in [0, 0.05) is 17.8 Å². The van der Waals surface area contributed by atoms with Crippen LogP contribution in [0.3, 0.4) is 0 Å². The van der Waals surface area contributed by atoms with Crippen LogP contribution < -0.4 is 5.32 Å². The minimum Gasteiger partial charge on any atom is -0.309 e. The summed E-state index contributed by atoms with van der Waals surface area (Å²) in [5, 5.41) is 11.2. The fourth-order valence-electron chi connectivity index (χ4n) is 2.88. The van der Waals surface area contributed by atoms with Gasteiger partial charge in [0.05, 0.1) is 12.1 Å². The number of carbonyl (C=O) groups is 1. The molecule has 114 valence electrons. The van der Waals surface area contributed by atoms with Crippen LogP contribution in [0.5, 0.6) is 0 Å². The first-order chi connectivity index (χ1) is 10.8. The Kier molecular flexibility index (Phi) is 4.73. The molecule has 5 heteroatoms. The zero-order valence-electron chi connectivity index (χ0n) is 12.5. The third-order valence-corrected chi connectivity index (χ3v) is 4.04. The lowest BCUT2D eigenvalue weighted by molar-refractivity contribution is -0.115. The van der Waals surface area contributed by atoms with Crippen molar-refractivity contribution in [3.8, 4) is 0 Å². The molecule has 1 fully saturated rings. The van der Waals surface area contributed by atoms with Gasteiger partial charge in [-0.05, 0) is 37.1 Å². The minimum absolute atomic E-state index is 0.126. The fourth-order valence-corrected chi connectivity index (χ4v) is 2.88. The molecule has 1 aliphatic rings. The Labute approximate surface area is 130 Å². The van der Waals surface area contributed by atoms with Crippen LogP contribution in [-0.4, -0.2) is 21.1 Å². The molecule has 0 saturated heterocycles. The van der Waals surface area contributed by atoms with E-state index >= 15 is 0 Å². The molecule has 0 aromatic carbocycles. The first-order valence-corrected chi connectivity index (χ1v) is 7.84. The van der Waals surface area contributed by atoms with Gasteiger partial charge in [0.15, 0.2) is 5.82 Å². The predicted octanol–water partition coefficient (Wildman–Crippen LogP) is 3.10. The third-order valence-electron chi connectivity index (χ3n) is 4.04. The van der Waals surface area contributed by atoms with E-state index in [4.69, 9.17) is 0 Å². The first kappa shape index (κ1) is 14.6. The van der Waals surface area contributed by atoms with Crippen LogP contribution in [-0.2, 0) is 11.2 Å². The molecule has 0 atom stereocenters. The van der Waals surface area contributed by atoms with E-state index < -0.39 is 0 Å². The van der Waals surface area contributed by atoms with Gasteiger partial charge in [-0.1, -0.05) is 25.3 Å². The van der Waals surface area contributed by atoms with Gasteiger partial charge in [-0.25, -0.2) is 0 Å². The van der Waals surface area contributed by atoms with Crippen molar-refractivity contribution >= 4 is 11.7 Å². The molecule has 0 radical (unpaired) electrons. The number of rotatable bonds is 4. The second kappa shape index (κ2) is 7.11. The van der Waals surface area contributed by atoms with E-state index in [1.54, 1.807) is 6.20 Å². The number of nitrogens with one attached hydrogen (secondary N) is 1. The van der Waals surface area contributed by atoms with Gasteiger partial charge < -0.3 is 5.32 Å². The number of anilines is 1. The number of hydrogen-bond acceptors (Lipinski definition) is 4. The van der Waals surface area contributed by atoms with E-state index in [1.165, 1.54) is 32.1 Å². The number of hydrogen-bond donors (Lipinski definition) is 1. The molecule has 1 aliphatic carbocycles. The Morgan fingerprint density at radius 2 is 1.95 bits per heavy atom. The smallest absolute Gasteiger partial charge is 0.231 e. The normalized spacial score (nSPS) is 15.5. The Morgan fingerprint density at radius 1 is 1.09 bits per heavy atom. The van der Waals surface area contributed by atoms with Crippen molar-refractivity contribution < 1.29 is 4.79 Å².